The Bertz CT molecular complexity index is 518. The number of rotatable bonds is 3. The minimum atomic E-state index is -1.27. The highest BCUT2D eigenvalue weighted by molar-refractivity contribution is 5.96. The van der Waals surface area contributed by atoms with Crippen LogP contribution in [0.25, 0.3) is 0 Å². The molecule has 0 spiro atoms. The average molecular weight is 281 g/mol. The number of ether oxygens (including phenoxy) is 1. The van der Waals surface area contributed by atoms with E-state index in [1.807, 2.05) is 0 Å². The first-order valence-electron chi connectivity index (χ1n) is 6.88. The van der Waals surface area contributed by atoms with Gasteiger partial charge in [-0.2, -0.15) is 0 Å². The summed E-state index contributed by atoms with van der Waals surface area (Å²) in [7, 11) is 0. The lowest BCUT2D eigenvalue weighted by Gasteiger charge is -2.32. The number of nitrogens with two attached hydrogens (primary N) is 1. The minimum absolute atomic E-state index is 0.0378. The second-order valence-corrected chi connectivity index (χ2v) is 5.65. The molecule has 4 nitrogen and oxygen atoms in total. The van der Waals surface area contributed by atoms with Crippen molar-refractivity contribution >= 4 is 11.7 Å². The molecule has 1 fully saturated rings. The topological polar surface area (TPSA) is 72.5 Å². The van der Waals surface area contributed by atoms with Crippen molar-refractivity contribution in [3.8, 4) is 5.75 Å². The first-order chi connectivity index (χ1) is 9.40. The van der Waals surface area contributed by atoms with E-state index in [9.17, 15) is 9.18 Å². The summed E-state index contributed by atoms with van der Waals surface area (Å²) in [6.45, 7) is 4.37. The van der Waals surface area contributed by atoms with Gasteiger partial charge in [0.2, 0.25) is 0 Å². The molecule has 3 unspecified atom stereocenters. The molecule has 0 radical (unpaired) electrons. The Hall–Kier alpha value is -1.78. The number of hydrogen-bond acceptors (Lipinski definition) is 3. The smallest absolute Gasteiger partial charge is 0.341 e. The molecule has 0 saturated heterocycles. The third-order valence-electron chi connectivity index (χ3n) is 4.21. The lowest BCUT2D eigenvalue weighted by molar-refractivity contribution is 0.0676. The van der Waals surface area contributed by atoms with Crippen molar-refractivity contribution in [3.63, 3.8) is 0 Å². The molecule has 0 bridgehead atoms. The van der Waals surface area contributed by atoms with E-state index in [4.69, 9.17) is 15.6 Å². The number of anilines is 1. The summed E-state index contributed by atoms with van der Waals surface area (Å²) in [5, 5.41) is 9.17. The molecule has 1 aliphatic carbocycles. The normalized spacial score (nSPS) is 26.2. The zero-order chi connectivity index (χ0) is 14.9. The van der Waals surface area contributed by atoms with Crippen molar-refractivity contribution in [3.05, 3.63) is 23.5 Å². The quantitative estimate of drug-likeness (QED) is 0.834. The van der Waals surface area contributed by atoms with Crippen molar-refractivity contribution in [2.75, 3.05) is 5.73 Å². The Labute approximate surface area is 117 Å². The van der Waals surface area contributed by atoms with Crippen molar-refractivity contribution in [1.29, 1.82) is 0 Å². The minimum Gasteiger partial charge on any atom is -0.489 e. The van der Waals surface area contributed by atoms with E-state index in [1.165, 1.54) is 6.07 Å². The van der Waals surface area contributed by atoms with Gasteiger partial charge in [-0.05, 0) is 43.2 Å². The maximum Gasteiger partial charge on any atom is 0.341 e. The van der Waals surface area contributed by atoms with Gasteiger partial charge in [0.25, 0.3) is 0 Å². The molecule has 3 atom stereocenters. The summed E-state index contributed by atoms with van der Waals surface area (Å²) in [6.07, 6.45) is 2.76. The van der Waals surface area contributed by atoms with Gasteiger partial charge >= 0.3 is 5.97 Å². The molecule has 0 aromatic heterocycles. The van der Waals surface area contributed by atoms with Gasteiger partial charge in [-0.15, -0.1) is 0 Å². The zero-order valence-corrected chi connectivity index (χ0v) is 11.7. The van der Waals surface area contributed by atoms with Crippen LogP contribution in [0.1, 0.15) is 43.5 Å². The number of nitrogen functional groups attached to an aromatic ring is 1. The van der Waals surface area contributed by atoms with Crippen LogP contribution in [0.4, 0.5) is 10.1 Å². The summed E-state index contributed by atoms with van der Waals surface area (Å²) in [4.78, 5) is 11.2. The van der Waals surface area contributed by atoms with Crippen LogP contribution in [0.5, 0.6) is 5.75 Å². The number of aromatic carboxylic acids is 1. The molecule has 1 aromatic carbocycles. The molecule has 2 rings (SSSR count). The fourth-order valence-electron chi connectivity index (χ4n) is 2.68. The van der Waals surface area contributed by atoms with Gasteiger partial charge in [0, 0.05) is 0 Å². The Morgan fingerprint density at radius 3 is 2.65 bits per heavy atom. The van der Waals surface area contributed by atoms with Gasteiger partial charge in [0.1, 0.15) is 17.1 Å². The molecule has 1 saturated carbocycles. The monoisotopic (exact) mass is 281 g/mol. The molecular formula is C15H20FNO3. The first kappa shape index (κ1) is 14.6. The van der Waals surface area contributed by atoms with E-state index >= 15 is 0 Å². The Kier molecular flexibility index (Phi) is 4.16. The number of carboxylic acids is 1. The third kappa shape index (κ3) is 2.86. The third-order valence-corrected chi connectivity index (χ3v) is 4.21. The van der Waals surface area contributed by atoms with Gasteiger partial charge < -0.3 is 15.6 Å². The van der Waals surface area contributed by atoms with Gasteiger partial charge in [-0.25, -0.2) is 9.18 Å². The molecule has 1 aromatic rings. The van der Waals surface area contributed by atoms with Crippen LogP contribution in [0.3, 0.4) is 0 Å². The summed E-state index contributed by atoms with van der Waals surface area (Å²) in [5.41, 5.74) is 4.85. The SMILES string of the molecule is CC1CCC(Oc2ccc(F)c(N)c2C(=O)O)CC1C. The Morgan fingerprint density at radius 1 is 1.35 bits per heavy atom. The van der Waals surface area contributed by atoms with Gasteiger partial charge in [-0.1, -0.05) is 13.8 Å². The first-order valence-corrected chi connectivity index (χ1v) is 6.88. The summed E-state index contributed by atoms with van der Waals surface area (Å²) >= 11 is 0. The standard InChI is InChI=1S/C15H20FNO3/c1-8-3-4-10(7-9(8)2)20-12-6-5-11(16)14(17)13(12)15(18)19/h5-6,8-10H,3-4,7,17H2,1-2H3,(H,18,19). The zero-order valence-electron chi connectivity index (χ0n) is 11.7. The molecule has 1 aliphatic rings. The highest BCUT2D eigenvalue weighted by Crippen LogP contribution is 2.34. The predicted molar refractivity (Wildman–Crippen MR) is 74.4 cm³/mol. The van der Waals surface area contributed by atoms with Crippen LogP contribution >= 0.6 is 0 Å². The average Bonchev–Trinajstić information content (AvgIpc) is 2.38. The summed E-state index contributed by atoms with van der Waals surface area (Å²) in [5.74, 6) is -0.676. The molecular weight excluding hydrogens is 261 g/mol. The Morgan fingerprint density at radius 2 is 2.05 bits per heavy atom. The highest BCUT2D eigenvalue weighted by atomic mass is 19.1. The molecule has 0 aliphatic heterocycles. The van der Waals surface area contributed by atoms with Gasteiger partial charge in [0.15, 0.2) is 0 Å². The van der Waals surface area contributed by atoms with Crippen LogP contribution in [-0.4, -0.2) is 17.2 Å². The molecule has 20 heavy (non-hydrogen) atoms. The molecule has 3 N–H and O–H groups in total. The lowest BCUT2D eigenvalue weighted by Crippen LogP contribution is -2.29. The summed E-state index contributed by atoms with van der Waals surface area (Å²) < 4.78 is 19.1. The second kappa shape index (κ2) is 5.69. The van der Waals surface area contributed by atoms with Crippen LogP contribution in [0.15, 0.2) is 12.1 Å². The number of carbonyl (C=O) groups is 1. The van der Waals surface area contributed by atoms with Crippen molar-refractivity contribution < 1.29 is 19.0 Å². The number of benzene rings is 1. The second-order valence-electron chi connectivity index (χ2n) is 5.65. The van der Waals surface area contributed by atoms with E-state index in [-0.39, 0.29) is 23.1 Å². The van der Waals surface area contributed by atoms with Crippen molar-refractivity contribution in [1.82, 2.24) is 0 Å². The lowest BCUT2D eigenvalue weighted by atomic mass is 9.80. The number of hydrogen-bond donors (Lipinski definition) is 2. The van der Waals surface area contributed by atoms with Crippen LogP contribution in [0, 0.1) is 17.7 Å². The fourth-order valence-corrected chi connectivity index (χ4v) is 2.68. The van der Waals surface area contributed by atoms with E-state index in [1.54, 1.807) is 0 Å². The van der Waals surface area contributed by atoms with E-state index in [0.29, 0.717) is 11.8 Å². The van der Waals surface area contributed by atoms with Gasteiger partial charge in [0.05, 0.1) is 11.8 Å². The molecule has 0 heterocycles. The van der Waals surface area contributed by atoms with Crippen LogP contribution in [-0.2, 0) is 0 Å². The predicted octanol–water partition coefficient (Wildman–Crippen LogP) is 3.31. The van der Waals surface area contributed by atoms with Crippen molar-refractivity contribution in [2.45, 2.75) is 39.2 Å². The van der Waals surface area contributed by atoms with E-state index in [2.05, 4.69) is 13.8 Å². The van der Waals surface area contributed by atoms with Crippen LogP contribution in [0.2, 0.25) is 0 Å². The molecule has 110 valence electrons. The van der Waals surface area contributed by atoms with Crippen molar-refractivity contribution in [2.24, 2.45) is 11.8 Å². The highest BCUT2D eigenvalue weighted by Gasteiger charge is 2.27. The number of halogens is 1. The summed E-state index contributed by atoms with van der Waals surface area (Å²) in [6, 6.07) is 2.49. The van der Waals surface area contributed by atoms with Gasteiger partial charge in [-0.3, -0.25) is 0 Å². The van der Waals surface area contributed by atoms with E-state index < -0.39 is 11.8 Å². The van der Waals surface area contributed by atoms with Crippen LogP contribution < -0.4 is 10.5 Å². The number of carboxylic acid groups (broad SMARTS) is 1. The molecule has 5 heteroatoms. The van der Waals surface area contributed by atoms with E-state index in [0.717, 1.165) is 25.3 Å². The molecule has 0 amide bonds. The Balaban J connectivity index is 2.22. The maximum atomic E-state index is 13.4. The maximum absolute atomic E-state index is 13.4. The largest absolute Gasteiger partial charge is 0.489 e. The fraction of sp³-hybridized carbons (Fsp3) is 0.533.